The zero-order valence-electron chi connectivity index (χ0n) is 23.4. The van der Waals surface area contributed by atoms with Gasteiger partial charge in [0.2, 0.25) is 5.91 Å². The minimum absolute atomic E-state index is 0.171. The molecule has 1 heterocycles. The van der Waals surface area contributed by atoms with Crippen molar-refractivity contribution >= 4 is 5.91 Å². The van der Waals surface area contributed by atoms with E-state index in [-0.39, 0.29) is 23.0 Å². The summed E-state index contributed by atoms with van der Waals surface area (Å²) in [6.45, 7) is 9.06. The maximum Gasteiger partial charge on any atom is 0.222 e. The first kappa shape index (κ1) is 25.9. The minimum Gasteiger partial charge on any atom is -0.393 e. The molecular formula is C33H49NO3. The van der Waals surface area contributed by atoms with Gasteiger partial charge in [0.05, 0.1) is 12.2 Å². The molecule has 0 bridgehead atoms. The average molecular weight is 508 g/mol. The molecule has 5 aliphatic rings. The molecule has 4 heteroatoms. The Hall–Kier alpha value is -1.39. The van der Waals surface area contributed by atoms with Crippen LogP contribution in [0.2, 0.25) is 0 Å². The molecule has 0 spiro atoms. The van der Waals surface area contributed by atoms with Crippen LogP contribution in [0, 0.1) is 46.3 Å². The van der Waals surface area contributed by atoms with Crippen LogP contribution in [0.1, 0.15) is 96.1 Å². The lowest BCUT2D eigenvalue weighted by molar-refractivity contribution is -0.174. The maximum atomic E-state index is 13.2. The summed E-state index contributed by atoms with van der Waals surface area (Å²) in [7, 11) is 0. The van der Waals surface area contributed by atoms with Crippen LogP contribution in [-0.4, -0.2) is 39.8 Å². The topological polar surface area (TPSA) is 60.8 Å². The molecular weight excluding hydrogens is 458 g/mol. The van der Waals surface area contributed by atoms with Gasteiger partial charge in [0.15, 0.2) is 0 Å². The molecule has 0 saturated heterocycles. The molecule has 1 amide bonds. The second kappa shape index (κ2) is 9.66. The quantitative estimate of drug-likeness (QED) is 0.527. The Balaban J connectivity index is 1.10. The number of carbonyl (C=O) groups is 1. The highest BCUT2D eigenvalue weighted by Crippen LogP contribution is 2.68. The fourth-order valence-electron chi connectivity index (χ4n) is 10.6. The molecule has 4 nitrogen and oxygen atoms in total. The number of carbonyl (C=O) groups excluding carboxylic acids is 1. The summed E-state index contributed by atoms with van der Waals surface area (Å²) in [4.78, 5) is 15.3. The first-order valence-corrected chi connectivity index (χ1v) is 15.4. The van der Waals surface area contributed by atoms with Crippen LogP contribution < -0.4 is 0 Å². The second-order valence-corrected chi connectivity index (χ2v) is 14.3. The Kier molecular flexibility index (Phi) is 6.75. The Morgan fingerprint density at radius 3 is 2.54 bits per heavy atom. The van der Waals surface area contributed by atoms with Crippen molar-refractivity contribution in [2.24, 2.45) is 46.3 Å². The fraction of sp³-hybridized carbons (Fsp3) is 0.788. The molecule has 4 aliphatic carbocycles. The summed E-state index contributed by atoms with van der Waals surface area (Å²) in [6, 6.07) is 8.56. The zero-order valence-corrected chi connectivity index (χ0v) is 23.4. The Bertz CT molecular complexity index is 1010. The standard InChI is InChI=1S/C33H49NO3/c1-21(8-11-30(37)34-17-14-22-6-4-5-7-23(22)20-34)26-9-10-27-31-28(13-16-33(26,27)3)32(2)15-12-25(35)18-24(32)19-29(31)36/h4-7,21,24-29,31,35-36H,8-20H2,1-3H3/t21-,24-,25-,26+,27-,28-,29+,31+,32+,33-/m1/s1. The highest BCUT2D eigenvalue weighted by Gasteiger charge is 2.62. The van der Waals surface area contributed by atoms with Crippen molar-refractivity contribution in [1.82, 2.24) is 4.90 Å². The Morgan fingerprint density at radius 1 is 1.00 bits per heavy atom. The van der Waals surface area contributed by atoms with Crippen LogP contribution in [0.25, 0.3) is 0 Å². The van der Waals surface area contributed by atoms with E-state index >= 15 is 0 Å². The predicted molar refractivity (Wildman–Crippen MR) is 147 cm³/mol. The number of nitrogens with zero attached hydrogens (tertiary/aromatic N) is 1. The van der Waals surface area contributed by atoms with Gasteiger partial charge in [-0.05, 0) is 122 Å². The molecule has 4 saturated carbocycles. The number of aliphatic hydroxyl groups excluding tert-OH is 2. The van der Waals surface area contributed by atoms with Gasteiger partial charge >= 0.3 is 0 Å². The van der Waals surface area contributed by atoms with Crippen molar-refractivity contribution < 1.29 is 15.0 Å². The number of aliphatic hydroxyl groups is 2. The van der Waals surface area contributed by atoms with Crippen LogP contribution >= 0.6 is 0 Å². The fourth-order valence-corrected chi connectivity index (χ4v) is 10.6. The number of hydrogen-bond donors (Lipinski definition) is 2. The average Bonchev–Trinajstić information content (AvgIpc) is 3.25. The molecule has 1 aromatic rings. The van der Waals surface area contributed by atoms with Crippen LogP contribution in [0.3, 0.4) is 0 Å². The van der Waals surface area contributed by atoms with E-state index in [1.807, 2.05) is 0 Å². The normalized spacial score (nSPS) is 43.8. The number of amides is 1. The monoisotopic (exact) mass is 507 g/mol. The van der Waals surface area contributed by atoms with Crippen molar-refractivity contribution in [2.75, 3.05) is 6.54 Å². The Labute approximate surface area is 224 Å². The third-order valence-electron chi connectivity index (χ3n) is 12.7. The van der Waals surface area contributed by atoms with Crippen molar-refractivity contribution in [3.05, 3.63) is 35.4 Å². The molecule has 0 aromatic heterocycles. The SMILES string of the molecule is C[C@H](CCC(=O)N1CCc2ccccc2C1)[C@@H]1CC[C@@H]2[C@H]3[C@@H](CC[C@@]21C)[C@@]1(C)CC[C@@H](O)C[C@@H]1C[C@@H]3O. The Morgan fingerprint density at radius 2 is 1.73 bits per heavy atom. The highest BCUT2D eigenvalue weighted by atomic mass is 16.3. The van der Waals surface area contributed by atoms with Crippen molar-refractivity contribution in [2.45, 2.75) is 110 Å². The second-order valence-electron chi connectivity index (χ2n) is 14.3. The van der Waals surface area contributed by atoms with E-state index in [4.69, 9.17) is 0 Å². The smallest absolute Gasteiger partial charge is 0.222 e. The van der Waals surface area contributed by atoms with Gasteiger partial charge in [-0.3, -0.25) is 4.79 Å². The molecule has 0 unspecified atom stereocenters. The van der Waals surface area contributed by atoms with Crippen LogP contribution in [0.15, 0.2) is 24.3 Å². The van der Waals surface area contributed by atoms with E-state index in [1.165, 1.54) is 36.8 Å². The maximum absolute atomic E-state index is 13.2. The van der Waals surface area contributed by atoms with Crippen LogP contribution in [0.4, 0.5) is 0 Å². The molecule has 1 aliphatic heterocycles. The van der Waals surface area contributed by atoms with Crippen LogP contribution in [-0.2, 0) is 17.8 Å². The summed E-state index contributed by atoms with van der Waals surface area (Å²) in [5, 5.41) is 21.8. The van der Waals surface area contributed by atoms with Gasteiger partial charge in [-0.25, -0.2) is 0 Å². The number of benzene rings is 1. The van der Waals surface area contributed by atoms with Gasteiger partial charge in [0.1, 0.15) is 0 Å². The minimum atomic E-state index is -0.212. The lowest BCUT2D eigenvalue weighted by atomic mass is 9.43. The number of fused-ring (bicyclic) bond motifs is 6. The van der Waals surface area contributed by atoms with E-state index in [2.05, 4.69) is 49.9 Å². The van der Waals surface area contributed by atoms with Gasteiger partial charge in [0, 0.05) is 19.5 Å². The molecule has 4 fully saturated rings. The van der Waals surface area contributed by atoms with E-state index in [0.717, 1.165) is 51.6 Å². The summed E-state index contributed by atoms with van der Waals surface area (Å²) >= 11 is 0. The van der Waals surface area contributed by atoms with Gasteiger partial charge in [0.25, 0.3) is 0 Å². The molecule has 2 N–H and O–H groups in total. The van der Waals surface area contributed by atoms with Gasteiger partial charge < -0.3 is 15.1 Å². The van der Waals surface area contributed by atoms with E-state index in [1.54, 1.807) is 0 Å². The zero-order chi connectivity index (χ0) is 25.9. The molecule has 37 heavy (non-hydrogen) atoms. The van der Waals surface area contributed by atoms with Gasteiger partial charge in [-0.1, -0.05) is 45.0 Å². The van der Waals surface area contributed by atoms with Crippen LogP contribution in [0.5, 0.6) is 0 Å². The highest BCUT2D eigenvalue weighted by molar-refractivity contribution is 5.76. The van der Waals surface area contributed by atoms with Crippen molar-refractivity contribution in [3.8, 4) is 0 Å². The van der Waals surface area contributed by atoms with Gasteiger partial charge in [-0.2, -0.15) is 0 Å². The van der Waals surface area contributed by atoms with Crippen molar-refractivity contribution in [1.29, 1.82) is 0 Å². The lowest BCUT2D eigenvalue weighted by Crippen LogP contribution is -2.58. The van der Waals surface area contributed by atoms with Gasteiger partial charge in [-0.15, -0.1) is 0 Å². The summed E-state index contributed by atoms with van der Waals surface area (Å²) < 4.78 is 0. The van der Waals surface area contributed by atoms with E-state index in [9.17, 15) is 15.0 Å². The third-order valence-corrected chi connectivity index (χ3v) is 12.7. The third kappa shape index (κ3) is 4.29. The summed E-state index contributed by atoms with van der Waals surface area (Å²) in [6.07, 6.45) is 11.1. The first-order valence-electron chi connectivity index (χ1n) is 15.4. The molecule has 10 atom stereocenters. The predicted octanol–water partition coefficient (Wildman–Crippen LogP) is 5.98. The number of rotatable bonds is 4. The first-order chi connectivity index (χ1) is 17.7. The van der Waals surface area contributed by atoms with Crippen molar-refractivity contribution in [3.63, 3.8) is 0 Å². The van der Waals surface area contributed by atoms with E-state index < -0.39 is 0 Å². The lowest BCUT2D eigenvalue weighted by Gasteiger charge is -2.62. The molecule has 204 valence electrons. The van der Waals surface area contributed by atoms with E-state index in [0.29, 0.717) is 47.8 Å². The molecule has 1 aromatic carbocycles. The summed E-state index contributed by atoms with van der Waals surface area (Å²) in [5.41, 5.74) is 3.28. The molecule has 0 radical (unpaired) electrons. The largest absolute Gasteiger partial charge is 0.393 e. The summed E-state index contributed by atoms with van der Waals surface area (Å²) in [5.74, 6) is 3.62. The molecule has 6 rings (SSSR count). The number of hydrogen-bond acceptors (Lipinski definition) is 3.